The topological polar surface area (TPSA) is 84.2 Å². The van der Waals surface area contributed by atoms with Crippen molar-refractivity contribution in [2.75, 3.05) is 14.2 Å². The van der Waals surface area contributed by atoms with Gasteiger partial charge in [0.05, 0.1) is 20.6 Å². The number of aryl methyl sites for hydroxylation is 1. The van der Waals surface area contributed by atoms with Crippen molar-refractivity contribution in [2.24, 2.45) is 0 Å². The van der Waals surface area contributed by atoms with E-state index in [2.05, 4.69) is 10.2 Å². The third-order valence-electron chi connectivity index (χ3n) is 4.47. The molecule has 0 saturated heterocycles. The Kier molecular flexibility index (Phi) is 4.61. The van der Waals surface area contributed by atoms with Crippen molar-refractivity contribution in [3.63, 3.8) is 0 Å². The molecule has 2 aromatic carbocycles. The summed E-state index contributed by atoms with van der Waals surface area (Å²) < 4.78 is 10.3. The van der Waals surface area contributed by atoms with Crippen molar-refractivity contribution >= 4 is 16.7 Å². The van der Waals surface area contributed by atoms with Crippen molar-refractivity contribution in [2.45, 2.75) is 19.3 Å². The number of esters is 1. The highest BCUT2D eigenvalue weighted by molar-refractivity contribution is 5.92. The Labute approximate surface area is 144 Å². The molecule has 1 aromatic heterocycles. The number of carbonyl (C=O) groups excluding carboxylic acids is 1. The second-order valence-electron chi connectivity index (χ2n) is 5.85. The van der Waals surface area contributed by atoms with Crippen LogP contribution < -0.4 is 10.3 Å². The number of hydrogen-bond donors (Lipinski definition) is 2. The van der Waals surface area contributed by atoms with Gasteiger partial charge in [0.15, 0.2) is 0 Å². The molecule has 0 bridgehead atoms. The van der Waals surface area contributed by atoms with Gasteiger partial charge in [-0.05, 0) is 23.9 Å². The van der Waals surface area contributed by atoms with Crippen LogP contribution in [-0.4, -0.2) is 30.4 Å². The first kappa shape index (κ1) is 16.8. The zero-order valence-corrected chi connectivity index (χ0v) is 14.4. The van der Waals surface area contributed by atoms with E-state index >= 15 is 0 Å². The fourth-order valence-corrected chi connectivity index (χ4v) is 3.27. The number of carbonyl (C=O) groups is 1. The Morgan fingerprint density at radius 2 is 1.80 bits per heavy atom. The normalized spacial score (nSPS) is 12.1. The van der Waals surface area contributed by atoms with Crippen LogP contribution in [0.2, 0.25) is 0 Å². The summed E-state index contributed by atoms with van der Waals surface area (Å²) in [6.45, 7) is 1.81. The summed E-state index contributed by atoms with van der Waals surface area (Å²) in [5.74, 6) is -0.0426. The Hall–Kier alpha value is -3.02. The van der Waals surface area contributed by atoms with E-state index in [9.17, 15) is 9.59 Å². The Bertz CT molecular complexity index is 971. The fraction of sp³-hybridized carbons (Fsp3) is 0.263. The van der Waals surface area contributed by atoms with Gasteiger partial charge in [-0.2, -0.15) is 0 Å². The average molecular weight is 340 g/mol. The molecule has 0 amide bonds. The Morgan fingerprint density at radius 3 is 2.40 bits per heavy atom. The molecular formula is C19H20N2O4. The lowest BCUT2D eigenvalue weighted by Crippen LogP contribution is -2.17. The summed E-state index contributed by atoms with van der Waals surface area (Å²) in [7, 11) is 2.97. The van der Waals surface area contributed by atoms with E-state index in [4.69, 9.17) is 9.47 Å². The van der Waals surface area contributed by atoms with E-state index in [1.54, 1.807) is 7.11 Å². The van der Waals surface area contributed by atoms with Gasteiger partial charge in [-0.25, -0.2) is 0 Å². The molecule has 0 radical (unpaired) electrons. The van der Waals surface area contributed by atoms with Crippen molar-refractivity contribution in [1.29, 1.82) is 0 Å². The van der Waals surface area contributed by atoms with E-state index in [0.717, 1.165) is 22.1 Å². The minimum absolute atomic E-state index is 0.0780. The van der Waals surface area contributed by atoms with Crippen molar-refractivity contribution in [3.8, 4) is 5.75 Å². The first-order valence-corrected chi connectivity index (χ1v) is 7.96. The fourth-order valence-electron chi connectivity index (χ4n) is 3.27. The lowest BCUT2D eigenvalue weighted by atomic mass is 9.85. The van der Waals surface area contributed by atoms with E-state index in [1.165, 1.54) is 7.11 Å². The molecule has 0 aliphatic rings. The minimum atomic E-state index is -0.418. The largest absolute Gasteiger partial charge is 0.496 e. The first-order valence-electron chi connectivity index (χ1n) is 7.96. The molecule has 0 spiro atoms. The quantitative estimate of drug-likeness (QED) is 0.700. The van der Waals surface area contributed by atoms with E-state index in [0.29, 0.717) is 11.3 Å². The molecular weight excluding hydrogens is 320 g/mol. The average Bonchev–Trinajstić information content (AvgIpc) is 2.97. The smallest absolute Gasteiger partial charge is 0.306 e. The number of fused-ring (bicyclic) bond motifs is 1. The molecule has 1 atom stereocenters. The molecule has 0 aliphatic heterocycles. The van der Waals surface area contributed by atoms with E-state index in [-0.39, 0.29) is 17.9 Å². The van der Waals surface area contributed by atoms with Crippen LogP contribution >= 0.6 is 0 Å². The van der Waals surface area contributed by atoms with E-state index in [1.807, 2.05) is 43.3 Å². The number of hydrogen-bond acceptors (Lipinski definition) is 4. The van der Waals surface area contributed by atoms with Crippen molar-refractivity contribution < 1.29 is 14.3 Å². The van der Waals surface area contributed by atoms with Gasteiger partial charge >= 0.3 is 5.97 Å². The molecule has 6 heteroatoms. The third kappa shape index (κ3) is 3.03. The standard InChI is InChI=1S/C19H20N2O4/c1-11-18(19(23)21-20-11)15(10-17(22)25-3)13-8-9-16(24-2)14-7-5-4-6-12(13)14/h4-9,15H,10H2,1-3H3,(H2,20,21,23)/t15-/m0/s1. The van der Waals surface area contributed by atoms with Crippen LogP contribution in [0.25, 0.3) is 10.8 Å². The molecule has 3 rings (SSSR count). The van der Waals surface area contributed by atoms with Gasteiger partial charge in [-0.1, -0.05) is 30.3 Å². The van der Waals surface area contributed by atoms with Crippen LogP contribution in [-0.2, 0) is 9.53 Å². The number of benzene rings is 2. The molecule has 0 saturated carbocycles. The predicted octanol–water partition coefficient (Wildman–Crippen LogP) is 2.87. The highest BCUT2D eigenvalue weighted by Gasteiger charge is 2.26. The van der Waals surface area contributed by atoms with Crippen molar-refractivity contribution in [3.05, 3.63) is 63.6 Å². The van der Waals surface area contributed by atoms with Crippen LogP contribution in [0.3, 0.4) is 0 Å². The SMILES string of the molecule is COC(=O)C[C@H](c1c(C)[nH][nH]c1=O)c1ccc(OC)c2ccccc12. The molecule has 0 unspecified atom stereocenters. The van der Waals surface area contributed by atoms with Gasteiger partial charge in [0.25, 0.3) is 5.56 Å². The molecule has 1 heterocycles. The molecule has 130 valence electrons. The molecule has 6 nitrogen and oxygen atoms in total. The van der Waals surface area contributed by atoms with Crippen LogP contribution in [0.4, 0.5) is 0 Å². The summed E-state index contributed by atoms with van der Waals surface area (Å²) >= 11 is 0. The number of aromatic nitrogens is 2. The highest BCUT2D eigenvalue weighted by atomic mass is 16.5. The van der Waals surface area contributed by atoms with Gasteiger partial charge in [0, 0.05) is 22.6 Å². The Balaban J connectivity index is 2.26. The zero-order valence-electron chi connectivity index (χ0n) is 14.4. The van der Waals surface area contributed by atoms with Crippen LogP contribution in [0, 0.1) is 6.92 Å². The molecule has 3 aromatic rings. The molecule has 0 fully saturated rings. The number of H-pyrrole nitrogens is 2. The maximum absolute atomic E-state index is 12.3. The van der Waals surface area contributed by atoms with Crippen LogP contribution in [0.5, 0.6) is 5.75 Å². The second-order valence-corrected chi connectivity index (χ2v) is 5.85. The lowest BCUT2D eigenvalue weighted by molar-refractivity contribution is -0.140. The number of methoxy groups -OCH3 is 2. The molecule has 25 heavy (non-hydrogen) atoms. The first-order chi connectivity index (χ1) is 12.1. The van der Waals surface area contributed by atoms with Crippen LogP contribution in [0.15, 0.2) is 41.2 Å². The summed E-state index contributed by atoms with van der Waals surface area (Å²) in [5, 5.41) is 7.30. The highest BCUT2D eigenvalue weighted by Crippen LogP contribution is 2.36. The minimum Gasteiger partial charge on any atom is -0.496 e. The summed E-state index contributed by atoms with van der Waals surface area (Å²) in [6.07, 6.45) is 0.0780. The number of aromatic amines is 2. The Morgan fingerprint density at radius 1 is 1.08 bits per heavy atom. The van der Waals surface area contributed by atoms with E-state index < -0.39 is 5.92 Å². The predicted molar refractivity (Wildman–Crippen MR) is 95.1 cm³/mol. The summed E-state index contributed by atoms with van der Waals surface area (Å²) in [4.78, 5) is 24.3. The number of nitrogens with one attached hydrogen (secondary N) is 2. The third-order valence-corrected chi connectivity index (χ3v) is 4.47. The summed E-state index contributed by atoms with van der Waals surface area (Å²) in [5.41, 5.74) is 1.90. The maximum atomic E-state index is 12.3. The summed E-state index contributed by atoms with van der Waals surface area (Å²) in [6, 6.07) is 11.5. The van der Waals surface area contributed by atoms with Gasteiger partial charge in [-0.15, -0.1) is 0 Å². The van der Waals surface area contributed by atoms with Gasteiger partial charge in [0.1, 0.15) is 5.75 Å². The second kappa shape index (κ2) is 6.84. The van der Waals surface area contributed by atoms with Crippen LogP contribution in [0.1, 0.15) is 29.2 Å². The van der Waals surface area contributed by atoms with Gasteiger partial charge < -0.3 is 14.6 Å². The maximum Gasteiger partial charge on any atom is 0.306 e. The van der Waals surface area contributed by atoms with Gasteiger partial charge in [0.2, 0.25) is 0 Å². The lowest BCUT2D eigenvalue weighted by Gasteiger charge is -2.19. The number of rotatable bonds is 5. The number of ether oxygens (including phenoxy) is 2. The van der Waals surface area contributed by atoms with Crippen molar-refractivity contribution in [1.82, 2.24) is 10.2 Å². The molecule has 2 N–H and O–H groups in total. The monoisotopic (exact) mass is 340 g/mol. The zero-order chi connectivity index (χ0) is 18.0. The van der Waals surface area contributed by atoms with Gasteiger partial charge in [-0.3, -0.25) is 14.7 Å². The molecule has 0 aliphatic carbocycles.